The number of rotatable bonds is 4. The van der Waals surface area contributed by atoms with E-state index in [1.165, 1.54) is 0 Å². The van der Waals surface area contributed by atoms with Gasteiger partial charge >= 0.3 is 0 Å². The van der Waals surface area contributed by atoms with Gasteiger partial charge in [0, 0.05) is 25.3 Å². The minimum absolute atomic E-state index is 0.106. The van der Waals surface area contributed by atoms with Crippen molar-refractivity contribution in [3.63, 3.8) is 0 Å². The predicted molar refractivity (Wildman–Crippen MR) is 119 cm³/mol. The van der Waals surface area contributed by atoms with Crippen molar-refractivity contribution in [2.45, 2.75) is 18.9 Å². The number of aromatic nitrogens is 3. The molecule has 5 N–H and O–H groups in total. The maximum absolute atomic E-state index is 13.0. The van der Waals surface area contributed by atoms with E-state index in [9.17, 15) is 4.79 Å². The van der Waals surface area contributed by atoms with Gasteiger partial charge in [0.2, 0.25) is 0 Å². The summed E-state index contributed by atoms with van der Waals surface area (Å²) < 4.78 is 0. The number of nitrogen functional groups attached to an aromatic ring is 1. The van der Waals surface area contributed by atoms with Gasteiger partial charge in [-0.1, -0.05) is 17.7 Å². The average Bonchev–Trinajstić information content (AvgIpc) is 2.74. The van der Waals surface area contributed by atoms with E-state index in [1.807, 2.05) is 6.07 Å². The molecule has 1 amide bonds. The highest BCUT2D eigenvalue weighted by Crippen LogP contribution is 2.28. The van der Waals surface area contributed by atoms with Crippen LogP contribution in [-0.4, -0.2) is 40.0 Å². The molecule has 1 aliphatic heterocycles. The van der Waals surface area contributed by atoms with Crippen LogP contribution >= 0.6 is 11.6 Å². The van der Waals surface area contributed by atoms with Gasteiger partial charge in [0.05, 0.1) is 34.6 Å². The Morgan fingerprint density at radius 3 is 2.80 bits per heavy atom. The molecule has 3 aromatic rings. The molecule has 1 atom stereocenters. The Morgan fingerprint density at radius 1 is 1.17 bits per heavy atom. The van der Waals surface area contributed by atoms with E-state index < -0.39 is 5.91 Å². The molecule has 0 saturated carbocycles. The number of halogens is 1. The molecule has 4 rings (SSSR count). The predicted octanol–water partition coefficient (Wildman–Crippen LogP) is 2.95. The second-order valence-electron chi connectivity index (χ2n) is 7.18. The number of hydrogen-bond acceptors (Lipinski definition) is 7. The standard InChI is InChI=1S/C21H22ClN7O/c22-19-5-1-4-15(26-19)16-7-6-14(24)20(27-16)21(30)28-17-11-25-9-8-18(17)29-10-2-3-13(23)12-29/h1,4-9,11,13H,2-3,10,12,23-24H2,(H,28,30). The number of nitrogens with one attached hydrogen (secondary N) is 1. The molecule has 1 unspecified atom stereocenters. The molecule has 4 heterocycles. The van der Waals surface area contributed by atoms with Crippen molar-refractivity contribution in [1.29, 1.82) is 0 Å². The maximum Gasteiger partial charge on any atom is 0.276 e. The van der Waals surface area contributed by atoms with Gasteiger partial charge in [0.25, 0.3) is 5.91 Å². The lowest BCUT2D eigenvalue weighted by Gasteiger charge is -2.33. The lowest BCUT2D eigenvalue weighted by atomic mass is 10.1. The van der Waals surface area contributed by atoms with Gasteiger partial charge in [-0.2, -0.15) is 0 Å². The van der Waals surface area contributed by atoms with Crippen LogP contribution in [0.1, 0.15) is 23.3 Å². The largest absolute Gasteiger partial charge is 0.397 e. The zero-order chi connectivity index (χ0) is 21.1. The summed E-state index contributed by atoms with van der Waals surface area (Å²) in [6.07, 6.45) is 5.31. The maximum atomic E-state index is 13.0. The summed E-state index contributed by atoms with van der Waals surface area (Å²) in [5.41, 5.74) is 15.1. The molecule has 0 aliphatic carbocycles. The lowest BCUT2D eigenvalue weighted by Crippen LogP contribution is -2.43. The monoisotopic (exact) mass is 423 g/mol. The smallest absolute Gasteiger partial charge is 0.276 e. The van der Waals surface area contributed by atoms with Crippen LogP contribution in [0.25, 0.3) is 11.4 Å². The summed E-state index contributed by atoms with van der Waals surface area (Å²) >= 11 is 5.97. The fourth-order valence-electron chi connectivity index (χ4n) is 3.51. The van der Waals surface area contributed by atoms with Crippen molar-refractivity contribution in [2.75, 3.05) is 29.0 Å². The number of piperidine rings is 1. The fraction of sp³-hybridized carbons (Fsp3) is 0.238. The summed E-state index contributed by atoms with van der Waals surface area (Å²) in [7, 11) is 0. The Labute approximate surface area is 179 Å². The zero-order valence-corrected chi connectivity index (χ0v) is 17.0. The Balaban J connectivity index is 1.61. The molecule has 1 saturated heterocycles. The zero-order valence-electron chi connectivity index (χ0n) is 16.3. The highest BCUT2D eigenvalue weighted by atomic mass is 35.5. The van der Waals surface area contributed by atoms with E-state index in [-0.39, 0.29) is 17.4 Å². The minimum Gasteiger partial charge on any atom is -0.397 e. The molecule has 0 aromatic carbocycles. The molecular formula is C21H22ClN7O. The van der Waals surface area contributed by atoms with Gasteiger partial charge in [-0.15, -0.1) is 0 Å². The molecule has 1 fully saturated rings. The molecule has 1 aliphatic rings. The quantitative estimate of drug-likeness (QED) is 0.551. The second kappa shape index (κ2) is 8.64. The first-order chi connectivity index (χ1) is 14.5. The number of carbonyl (C=O) groups is 1. The number of hydrogen-bond donors (Lipinski definition) is 3. The summed E-state index contributed by atoms with van der Waals surface area (Å²) in [6, 6.07) is 10.5. The Bertz CT molecular complexity index is 1070. The van der Waals surface area contributed by atoms with Gasteiger partial charge in [-0.05, 0) is 43.2 Å². The van der Waals surface area contributed by atoms with E-state index >= 15 is 0 Å². The van der Waals surface area contributed by atoms with E-state index in [2.05, 4.69) is 25.2 Å². The number of anilines is 3. The topological polar surface area (TPSA) is 123 Å². The summed E-state index contributed by atoms with van der Waals surface area (Å²) in [5.74, 6) is -0.424. The van der Waals surface area contributed by atoms with Crippen LogP contribution < -0.4 is 21.7 Å². The van der Waals surface area contributed by atoms with Crippen LogP contribution in [0.3, 0.4) is 0 Å². The van der Waals surface area contributed by atoms with Crippen LogP contribution in [0.4, 0.5) is 17.1 Å². The van der Waals surface area contributed by atoms with Crippen LogP contribution in [0, 0.1) is 0 Å². The van der Waals surface area contributed by atoms with Gasteiger partial charge in [-0.3, -0.25) is 9.78 Å². The third kappa shape index (κ3) is 4.34. The molecule has 0 spiro atoms. The first-order valence-corrected chi connectivity index (χ1v) is 10.0. The first-order valence-electron chi connectivity index (χ1n) is 9.66. The van der Waals surface area contributed by atoms with Crippen molar-refractivity contribution in [3.05, 3.63) is 59.6 Å². The van der Waals surface area contributed by atoms with Crippen molar-refractivity contribution >= 4 is 34.6 Å². The summed E-state index contributed by atoms with van der Waals surface area (Å²) in [6.45, 7) is 1.60. The number of nitrogens with two attached hydrogens (primary N) is 2. The molecule has 8 nitrogen and oxygen atoms in total. The number of pyridine rings is 3. The highest BCUT2D eigenvalue weighted by Gasteiger charge is 2.21. The fourth-order valence-corrected chi connectivity index (χ4v) is 3.68. The minimum atomic E-state index is -0.424. The molecule has 3 aromatic heterocycles. The average molecular weight is 424 g/mol. The number of amides is 1. The first kappa shape index (κ1) is 20.1. The van der Waals surface area contributed by atoms with Gasteiger partial charge in [0.15, 0.2) is 5.69 Å². The summed E-state index contributed by atoms with van der Waals surface area (Å²) in [4.78, 5) is 28.0. The molecule has 0 bridgehead atoms. The normalized spacial score (nSPS) is 16.3. The Hall–Kier alpha value is -3.23. The molecule has 0 radical (unpaired) electrons. The summed E-state index contributed by atoms with van der Waals surface area (Å²) in [5, 5.41) is 3.24. The van der Waals surface area contributed by atoms with E-state index in [1.54, 1.807) is 42.7 Å². The molecular weight excluding hydrogens is 402 g/mol. The SMILES string of the molecule is Nc1ccc(-c2cccc(Cl)n2)nc1C(=O)Nc1cnccc1N1CCCC(N)C1. The van der Waals surface area contributed by atoms with Crippen molar-refractivity contribution in [2.24, 2.45) is 5.73 Å². The van der Waals surface area contributed by atoms with Gasteiger partial charge in [-0.25, -0.2) is 9.97 Å². The number of carbonyl (C=O) groups excluding carboxylic acids is 1. The van der Waals surface area contributed by atoms with E-state index in [0.717, 1.165) is 31.6 Å². The van der Waals surface area contributed by atoms with E-state index in [4.69, 9.17) is 23.1 Å². The number of nitrogens with zero attached hydrogens (tertiary/aromatic N) is 4. The third-order valence-corrected chi connectivity index (χ3v) is 5.17. The Kier molecular flexibility index (Phi) is 5.78. The van der Waals surface area contributed by atoms with Gasteiger partial charge in [0.1, 0.15) is 5.15 Å². The van der Waals surface area contributed by atoms with Crippen molar-refractivity contribution in [3.8, 4) is 11.4 Å². The lowest BCUT2D eigenvalue weighted by molar-refractivity contribution is 0.102. The van der Waals surface area contributed by atoms with Crippen molar-refractivity contribution < 1.29 is 4.79 Å². The third-order valence-electron chi connectivity index (χ3n) is 4.96. The van der Waals surface area contributed by atoms with Gasteiger partial charge < -0.3 is 21.7 Å². The highest BCUT2D eigenvalue weighted by molar-refractivity contribution is 6.29. The molecule has 154 valence electrons. The van der Waals surface area contributed by atoms with E-state index in [0.29, 0.717) is 22.2 Å². The van der Waals surface area contributed by atoms with Crippen molar-refractivity contribution in [1.82, 2.24) is 15.0 Å². The molecule has 9 heteroatoms. The van der Waals surface area contributed by atoms with Crippen LogP contribution in [0.15, 0.2) is 48.8 Å². The molecule has 30 heavy (non-hydrogen) atoms. The second-order valence-corrected chi connectivity index (χ2v) is 7.56. The van der Waals surface area contributed by atoms with Crippen LogP contribution in [0.5, 0.6) is 0 Å². The Morgan fingerprint density at radius 2 is 2.00 bits per heavy atom. The van der Waals surface area contributed by atoms with Crippen LogP contribution in [0.2, 0.25) is 5.15 Å². The van der Waals surface area contributed by atoms with Crippen LogP contribution in [-0.2, 0) is 0 Å².